The van der Waals surface area contributed by atoms with Gasteiger partial charge in [0.05, 0.1) is 0 Å². The maximum absolute atomic E-state index is 3.60. The number of thiophene rings is 2. The van der Waals surface area contributed by atoms with E-state index in [2.05, 4.69) is 41.2 Å². The van der Waals surface area contributed by atoms with Gasteiger partial charge in [-0.25, -0.2) is 0 Å². The van der Waals surface area contributed by atoms with Crippen molar-refractivity contribution in [3.63, 3.8) is 0 Å². The molecule has 1 atom stereocenters. The zero-order valence-corrected chi connectivity index (χ0v) is 12.3. The molecule has 2 aromatic rings. The molecule has 0 saturated heterocycles. The molecule has 1 nitrogen and oxygen atoms in total. The first-order valence-corrected chi connectivity index (χ1v) is 8.41. The van der Waals surface area contributed by atoms with E-state index in [-0.39, 0.29) is 0 Å². The van der Waals surface area contributed by atoms with Crippen LogP contribution in [-0.2, 0) is 6.54 Å². The number of hydrogen-bond acceptors (Lipinski definition) is 3. The van der Waals surface area contributed by atoms with Crippen LogP contribution in [0.15, 0.2) is 29.0 Å². The summed E-state index contributed by atoms with van der Waals surface area (Å²) < 4.78 is 0. The second-order valence-corrected chi connectivity index (χ2v) is 7.17. The summed E-state index contributed by atoms with van der Waals surface area (Å²) in [5, 5.41) is 8.01. The second kappa shape index (κ2) is 5.55. The summed E-state index contributed by atoms with van der Waals surface area (Å²) in [6.45, 7) is 4.56. The first-order valence-electron chi connectivity index (χ1n) is 6.65. The third-order valence-electron chi connectivity index (χ3n) is 3.65. The van der Waals surface area contributed by atoms with E-state index in [0.717, 1.165) is 24.9 Å². The summed E-state index contributed by atoms with van der Waals surface area (Å²) in [4.78, 5) is 2.82. The van der Waals surface area contributed by atoms with Gasteiger partial charge in [-0.3, -0.25) is 0 Å². The van der Waals surface area contributed by atoms with Gasteiger partial charge in [0.2, 0.25) is 0 Å². The molecule has 0 aliphatic heterocycles. The molecule has 1 fully saturated rings. The molecule has 1 aliphatic rings. The predicted molar refractivity (Wildman–Crippen MR) is 81.2 cm³/mol. The minimum atomic E-state index is 0.849. The highest BCUT2D eigenvalue weighted by Crippen LogP contribution is 2.36. The fourth-order valence-corrected chi connectivity index (χ4v) is 3.94. The zero-order valence-electron chi connectivity index (χ0n) is 10.7. The van der Waals surface area contributed by atoms with Crippen molar-refractivity contribution >= 4 is 22.7 Å². The average Bonchev–Trinajstić information content (AvgIpc) is 2.90. The highest BCUT2D eigenvalue weighted by molar-refractivity contribution is 7.14. The largest absolute Gasteiger partial charge is 0.312 e. The number of rotatable bonds is 6. The predicted octanol–water partition coefficient (Wildman–Crippen LogP) is 4.61. The Morgan fingerprint density at radius 3 is 3.00 bits per heavy atom. The normalized spacial score (nSPS) is 16.9. The Balaban J connectivity index is 1.51. The number of hydrogen-bond donors (Lipinski definition) is 1. The van der Waals surface area contributed by atoms with Crippen molar-refractivity contribution in [3.05, 3.63) is 33.8 Å². The van der Waals surface area contributed by atoms with Gasteiger partial charge in [-0.05, 0) is 54.1 Å². The molecule has 0 aromatic carbocycles. The molecule has 1 N–H and O–H groups in total. The highest BCUT2D eigenvalue weighted by Gasteiger charge is 2.27. The summed E-state index contributed by atoms with van der Waals surface area (Å²) in [6, 6.07) is 6.64. The van der Waals surface area contributed by atoms with Crippen LogP contribution in [0.1, 0.15) is 24.6 Å². The van der Waals surface area contributed by atoms with Crippen LogP contribution in [0.3, 0.4) is 0 Å². The van der Waals surface area contributed by atoms with E-state index in [4.69, 9.17) is 0 Å². The summed E-state index contributed by atoms with van der Waals surface area (Å²) in [6.07, 6.45) is 2.90. The van der Waals surface area contributed by atoms with Crippen LogP contribution in [0.2, 0.25) is 0 Å². The van der Waals surface area contributed by atoms with Gasteiger partial charge in [0, 0.05) is 21.9 Å². The van der Waals surface area contributed by atoms with Crippen LogP contribution in [0.25, 0.3) is 10.4 Å². The lowest BCUT2D eigenvalue weighted by Crippen LogP contribution is -2.21. The minimum Gasteiger partial charge on any atom is -0.312 e. The lowest BCUT2D eigenvalue weighted by molar-refractivity contribution is 0.463. The Labute approximate surface area is 117 Å². The maximum atomic E-state index is 3.60. The van der Waals surface area contributed by atoms with Crippen molar-refractivity contribution in [1.82, 2.24) is 5.32 Å². The first kappa shape index (κ1) is 12.4. The van der Waals surface area contributed by atoms with Gasteiger partial charge in [-0.15, -0.1) is 22.7 Å². The lowest BCUT2D eigenvalue weighted by atomic mass is 10.1. The van der Waals surface area contributed by atoms with Crippen molar-refractivity contribution in [3.8, 4) is 10.4 Å². The SMILES string of the molecule is CC(CNCc1cc(-c2cccs2)cs1)C1CC1. The Bertz CT molecular complexity index is 482. The summed E-state index contributed by atoms with van der Waals surface area (Å²) in [5.74, 6) is 1.85. The van der Waals surface area contributed by atoms with E-state index in [9.17, 15) is 0 Å². The van der Waals surface area contributed by atoms with Gasteiger partial charge in [-0.2, -0.15) is 0 Å². The van der Waals surface area contributed by atoms with Gasteiger partial charge in [-0.1, -0.05) is 13.0 Å². The quantitative estimate of drug-likeness (QED) is 0.813. The molecule has 0 amide bonds. The average molecular weight is 277 g/mol. The van der Waals surface area contributed by atoms with E-state index in [1.54, 1.807) is 0 Å². The Morgan fingerprint density at radius 2 is 2.28 bits per heavy atom. The van der Waals surface area contributed by atoms with Crippen molar-refractivity contribution in [1.29, 1.82) is 0 Å². The zero-order chi connectivity index (χ0) is 12.4. The third kappa shape index (κ3) is 3.02. The Morgan fingerprint density at radius 1 is 1.39 bits per heavy atom. The van der Waals surface area contributed by atoms with Gasteiger partial charge in [0.15, 0.2) is 0 Å². The molecule has 0 spiro atoms. The van der Waals surface area contributed by atoms with E-state index < -0.39 is 0 Å². The molecule has 2 heterocycles. The van der Waals surface area contributed by atoms with Crippen molar-refractivity contribution in [2.45, 2.75) is 26.3 Å². The van der Waals surface area contributed by atoms with Crippen LogP contribution in [0.5, 0.6) is 0 Å². The molecule has 2 aromatic heterocycles. The molecule has 0 radical (unpaired) electrons. The smallest absolute Gasteiger partial charge is 0.0351 e. The molecular formula is C15H19NS2. The number of nitrogens with one attached hydrogen (secondary N) is 1. The van der Waals surface area contributed by atoms with Crippen LogP contribution in [-0.4, -0.2) is 6.54 Å². The monoisotopic (exact) mass is 277 g/mol. The first-order chi connectivity index (χ1) is 8.83. The molecule has 1 unspecified atom stereocenters. The van der Waals surface area contributed by atoms with Gasteiger partial charge < -0.3 is 5.32 Å². The van der Waals surface area contributed by atoms with Crippen LogP contribution >= 0.6 is 22.7 Å². The van der Waals surface area contributed by atoms with E-state index in [1.807, 2.05) is 22.7 Å². The van der Waals surface area contributed by atoms with Crippen LogP contribution in [0.4, 0.5) is 0 Å². The van der Waals surface area contributed by atoms with Crippen LogP contribution < -0.4 is 5.32 Å². The molecule has 0 bridgehead atoms. The molecule has 3 heteroatoms. The van der Waals surface area contributed by atoms with Gasteiger partial charge in [0.25, 0.3) is 0 Å². The highest BCUT2D eigenvalue weighted by atomic mass is 32.1. The lowest BCUT2D eigenvalue weighted by Gasteiger charge is -2.10. The van der Waals surface area contributed by atoms with Crippen LogP contribution in [0, 0.1) is 11.8 Å². The van der Waals surface area contributed by atoms with Gasteiger partial charge >= 0.3 is 0 Å². The van der Waals surface area contributed by atoms with Gasteiger partial charge in [0.1, 0.15) is 0 Å². The third-order valence-corrected chi connectivity index (χ3v) is 5.51. The summed E-state index contributed by atoms with van der Waals surface area (Å²) in [5.41, 5.74) is 1.38. The summed E-state index contributed by atoms with van der Waals surface area (Å²) in [7, 11) is 0. The molecular weight excluding hydrogens is 258 g/mol. The maximum Gasteiger partial charge on any atom is 0.0351 e. The standard InChI is InChI=1S/C15H19NS2/c1-11(12-4-5-12)8-16-9-14-7-13(10-18-14)15-3-2-6-17-15/h2-3,6-7,10-12,16H,4-5,8-9H2,1H3. The van der Waals surface area contributed by atoms with E-state index in [1.165, 1.54) is 28.2 Å². The second-order valence-electron chi connectivity index (χ2n) is 5.22. The molecule has 96 valence electrons. The van der Waals surface area contributed by atoms with E-state index >= 15 is 0 Å². The molecule has 18 heavy (non-hydrogen) atoms. The van der Waals surface area contributed by atoms with Crippen molar-refractivity contribution in [2.75, 3.05) is 6.54 Å². The summed E-state index contributed by atoms with van der Waals surface area (Å²) >= 11 is 3.68. The minimum absolute atomic E-state index is 0.849. The Hall–Kier alpha value is -0.640. The van der Waals surface area contributed by atoms with E-state index in [0.29, 0.717) is 0 Å². The van der Waals surface area contributed by atoms with Crippen molar-refractivity contribution in [2.24, 2.45) is 11.8 Å². The fraction of sp³-hybridized carbons (Fsp3) is 0.467. The Kier molecular flexibility index (Phi) is 3.83. The molecule has 3 rings (SSSR count). The molecule has 1 saturated carbocycles. The van der Waals surface area contributed by atoms with Crippen molar-refractivity contribution < 1.29 is 0 Å². The molecule has 1 aliphatic carbocycles. The topological polar surface area (TPSA) is 12.0 Å². The fourth-order valence-electron chi connectivity index (χ4n) is 2.30.